The third-order valence-electron chi connectivity index (χ3n) is 1.49. The molecule has 4 nitrogen and oxygen atoms in total. The van der Waals surface area contributed by atoms with Crippen molar-refractivity contribution in [2.75, 3.05) is 0 Å². The first kappa shape index (κ1) is 6.97. The highest BCUT2D eigenvalue weighted by molar-refractivity contribution is 5.18. The molecule has 0 unspecified atom stereocenters. The van der Waals surface area contributed by atoms with E-state index >= 15 is 0 Å². The Morgan fingerprint density at radius 3 is 2.75 bits per heavy atom. The third kappa shape index (κ3) is 1.18. The number of hydrogen-bond donors (Lipinski definition) is 0. The number of hydrogen-bond acceptors (Lipinski definition) is 3. The van der Waals surface area contributed by atoms with Crippen LogP contribution in [0.15, 0.2) is 30.7 Å². The molecule has 0 saturated carbocycles. The lowest BCUT2D eigenvalue weighted by Gasteiger charge is -1.95. The first-order chi connectivity index (χ1) is 5.86. The molecule has 2 aromatic heterocycles. The molecule has 12 heavy (non-hydrogen) atoms. The fourth-order valence-electron chi connectivity index (χ4n) is 0.945. The Balaban J connectivity index is 2.45. The number of aromatic nitrogens is 4. The molecule has 2 rings (SSSR count). The molecule has 0 saturated heterocycles. The van der Waals surface area contributed by atoms with Gasteiger partial charge in [0.2, 0.25) is 0 Å². The Hall–Kier alpha value is -1.71. The van der Waals surface area contributed by atoms with Crippen LogP contribution in [-0.4, -0.2) is 19.7 Å². The fraction of sp³-hybridized carbons (Fsp3) is 0.125. The van der Waals surface area contributed by atoms with Gasteiger partial charge in [0.15, 0.2) is 5.82 Å². The Kier molecular flexibility index (Phi) is 1.59. The molecule has 0 bridgehead atoms. The van der Waals surface area contributed by atoms with E-state index in [2.05, 4.69) is 15.1 Å². The standard InChI is InChI=1S/C8H8N4/c1-7-10-6-12(11-7)8-4-2-3-5-9-8/h2-6H,1H3. The van der Waals surface area contributed by atoms with Crippen molar-refractivity contribution in [3.05, 3.63) is 36.5 Å². The second-order valence-electron chi connectivity index (χ2n) is 2.42. The number of pyridine rings is 1. The highest BCUT2D eigenvalue weighted by atomic mass is 15.3. The van der Waals surface area contributed by atoms with E-state index in [-0.39, 0.29) is 0 Å². The molecular formula is C8H8N4. The molecule has 0 aliphatic heterocycles. The summed E-state index contributed by atoms with van der Waals surface area (Å²) in [6.07, 6.45) is 3.38. The summed E-state index contributed by atoms with van der Waals surface area (Å²) in [5.41, 5.74) is 0. The summed E-state index contributed by atoms with van der Waals surface area (Å²) >= 11 is 0. The largest absolute Gasteiger partial charge is 0.237 e. The molecule has 4 heteroatoms. The minimum Gasteiger partial charge on any atom is -0.237 e. The van der Waals surface area contributed by atoms with E-state index in [1.165, 1.54) is 0 Å². The molecule has 0 aliphatic rings. The van der Waals surface area contributed by atoms with E-state index in [0.717, 1.165) is 11.6 Å². The Morgan fingerprint density at radius 1 is 1.25 bits per heavy atom. The van der Waals surface area contributed by atoms with Gasteiger partial charge >= 0.3 is 0 Å². The van der Waals surface area contributed by atoms with Crippen LogP contribution >= 0.6 is 0 Å². The van der Waals surface area contributed by atoms with Crippen LogP contribution in [0.25, 0.3) is 5.82 Å². The van der Waals surface area contributed by atoms with Crippen molar-refractivity contribution < 1.29 is 0 Å². The summed E-state index contributed by atoms with van der Waals surface area (Å²) in [7, 11) is 0. The predicted molar refractivity (Wildman–Crippen MR) is 43.9 cm³/mol. The summed E-state index contributed by atoms with van der Waals surface area (Å²) < 4.78 is 1.65. The normalized spacial score (nSPS) is 10.1. The van der Waals surface area contributed by atoms with Gasteiger partial charge in [0.05, 0.1) is 0 Å². The maximum atomic E-state index is 4.12. The number of aryl methyl sites for hydroxylation is 1. The maximum absolute atomic E-state index is 4.12. The summed E-state index contributed by atoms with van der Waals surface area (Å²) in [4.78, 5) is 8.13. The minimum absolute atomic E-state index is 0.751. The topological polar surface area (TPSA) is 43.6 Å². The van der Waals surface area contributed by atoms with Crippen LogP contribution in [-0.2, 0) is 0 Å². The van der Waals surface area contributed by atoms with Crippen molar-refractivity contribution in [1.29, 1.82) is 0 Å². The first-order valence-corrected chi connectivity index (χ1v) is 3.66. The zero-order valence-electron chi connectivity index (χ0n) is 6.68. The van der Waals surface area contributed by atoms with E-state index in [1.807, 2.05) is 25.1 Å². The molecule has 2 aromatic rings. The summed E-state index contributed by atoms with van der Waals surface area (Å²) in [6.45, 7) is 1.85. The van der Waals surface area contributed by atoms with Crippen LogP contribution in [0, 0.1) is 6.92 Å². The van der Waals surface area contributed by atoms with E-state index in [4.69, 9.17) is 0 Å². The predicted octanol–water partition coefficient (Wildman–Crippen LogP) is 0.971. The maximum Gasteiger partial charge on any atom is 0.155 e. The third-order valence-corrected chi connectivity index (χ3v) is 1.49. The van der Waals surface area contributed by atoms with Gasteiger partial charge in [-0.05, 0) is 19.1 Å². The van der Waals surface area contributed by atoms with E-state index in [0.29, 0.717) is 0 Å². The highest BCUT2D eigenvalue weighted by Crippen LogP contribution is 1.99. The zero-order valence-corrected chi connectivity index (χ0v) is 6.68. The van der Waals surface area contributed by atoms with Gasteiger partial charge in [0.1, 0.15) is 12.2 Å². The number of rotatable bonds is 1. The SMILES string of the molecule is Cc1ncn(-c2ccccn2)n1. The van der Waals surface area contributed by atoms with Crippen LogP contribution in [0.5, 0.6) is 0 Å². The molecule has 0 atom stereocenters. The van der Waals surface area contributed by atoms with E-state index < -0.39 is 0 Å². The fourth-order valence-corrected chi connectivity index (χ4v) is 0.945. The smallest absolute Gasteiger partial charge is 0.155 e. The quantitative estimate of drug-likeness (QED) is 0.624. The summed E-state index contributed by atoms with van der Waals surface area (Å²) in [5, 5.41) is 4.12. The molecule has 2 heterocycles. The van der Waals surface area contributed by atoms with Gasteiger partial charge < -0.3 is 0 Å². The van der Waals surface area contributed by atoms with E-state index in [9.17, 15) is 0 Å². The van der Waals surface area contributed by atoms with Crippen molar-refractivity contribution in [1.82, 2.24) is 19.7 Å². The Morgan fingerprint density at radius 2 is 2.17 bits per heavy atom. The van der Waals surface area contributed by atoms with Crippen LogP contribution < -0.4 is 0 Å². The Bertz CT molecular complexity index is 366. The lowest BCUT2D eigenvalue weighted by Crippen LogP contribution is -1.96. The second-order valence-corrected chi connectivity index (χ2v) is 2.42. The highest BCUT2D eigenvalue weighted by Gasteiger charge is 1.97. The average molecular weight is 160 g/mol. The zero-order chi connectivity index (χ0) is 8.39. The lowest BCUT2D eigenvalue weighted by atomic mass is 10.5. The van der Waals surface area contributed by atoms with Crippen LogP contribution in [0.3, 0.4) is 0 Å². The summed E-state index contributed by atoms with van der Waals surface area (Å²) in [5.74, 6) is 1.54. The number of nitrogens with zero attached hydrogens (tertiary/aromatic N) is 4. The summed E-state index contributed by atoms with van der Waals surface area (Å²) in [6, 6.07) is 5.67. The molecule has 0 aromatic carbocycles. The second kappa shape index (κ2) is 2.73. The van der Waals surface area contributed by atoms with Gasteiger partial charge in [-0.25, -0.2) is 14.6 Å². The van der Waals surface area contributed by atoms with Crippen molar-refractivity contribution >= 4 is 0 Å². The molecule has 0 amide bonds. The van der Waals surface area contributed by atoms with Gasteiger partial charge in [0.25, 0.3) is 0 Å². The van der Waals surface area contributed by atoms with Gasteiger partial charge in [0, 0.05) is 6.20 Å². The molecule has 0 fully saturated rings. The van der Waals surface area contributed by atoms with Crippen LogP contribution in [0.2, 0.25) is 0 Å². The molecule has 0 aliphatic carbocycles. The molecule has 60 valence electrons. The minimum atomic E-state index is 0.751. The molecular weight excluding hydrogens is 152 g/mol. The van der Waals surface area contributed by atoms with Gasteiger partial charge in [-0.2, -0.15) is 5.10 Å². The molecule has 0 radical (unpaired) electrons. The van der Waals surface area contributed by atoms with Crippen LogP contribution in [0.1, 0.15) is 5.82 Å². The Labute approximate surface area is 69.9 Å². The lowest BCUT2D eigenvalue weighted by molar-refractivity contribution is 0.832. The van der Waals surface area contributed by atoms with E-state index in [1.54, 1.807) is 17.2 Å². The van der Waals surface area contributed by atoms with Crippen molar-refractivity contribution in [3.8, 4) is 5.82 Å². The van der Waals surface area contributed by atoms with Gasteiger partial charge in [-0.3, -0.25) is 0 Å². The van der Waals surface area contributed by atoms with Gasteiger partial charge in [-0.15, -0.1) is 0 Å². The van der Waals surface area contributed by atoms with Crippen molar-refractivity contribution in [3.63, 3.8) is 0 Å². The van der Waals surface area contributed by atoms with Crippen molar-refractivity contribution in [2.24, 2.45) is 0 Å². The van der Waals surface area contributed by atoms with Crippen LogP contribution in [0.4, 0.5) is 0 Å². The van der Waals surface area contributed by atoms with Crippen molar-refractivity contribution in [2.45, 2.75) is 6.92 Å². The van der Waals surface area contributed by atoms with Gasteiger partial charge in [-0.1, -0.05) is 6.07 Å². The molecule has 0 spiro atoms. The average Bonchev–Trinajstić information content (AvgIpc) is 2.54. The first-order valence-electron chi connectivity index (χ1n) is 3.66. The molecule has 0 N–H and O–H groups in total. The monoisotopic (exact) mass is 160 g/mol.